The van der Waals surface area contributed by atoms with Crippen LogP contribution in [0.5, 0.6) is 5.75 Å². The van der Waals surface area contributed by atoms with Crippen LogP contribution in [0, 0.1) is 19.8 Å². The second-order valence-corrected chi connectivity index (χ2v) is 5.49. The molecule has 1 rings (SSSR count). The Labute approximate surface area is 117 Å². The molecule has 2 atom stereocenters. The molecule has 0 spiro atoms. The first kappa shape index (κ1) is 16.0. The number of nitrogens with zero attached hydrogens (tertiary/aromatic N) is 1. The number of aryl methyl sites for hydroxylation is 2. The Morgan fingerprint density at radius 1 is 1.21 bits per heavy atom. The fraction of sp³-hybridized carbons (Fsp3) is 0.625. The SMILES string of the molecule is CCC(CN)C(c1cc(C)c(OC)cc1C)N(C)C. The smallest absolute Gasteiger partial charge is 0.122 e. The van der Waals surface area contributed by atoms with Gasteiger partial charge >= 0.3 is 0 Å². The van der Waals surface area contributed by atoms with Gasteiger partial charge in [-0.1, -0.05) is 19.4 Å². The van der Waals surface area contributed by atoms with Crippen molar-refractivity contribution < 1.29 is 4.74 Å². The third kappa shape index (κ3) is 3.48. The van der Waals surface area contributed by atoms with Crippen molar-refractivity contribution in [3.63, 3.8) is 0 Å². The molecule has 3 nitrogen and oxygen atoms in total. The van der Waals surface area contributed by atoms with Crippen molar-refractivity contribution >= 4 is 0 Å². The first-order valence-electron chi connectivity index (χ1n) is 6.97. The molecule has 19 heavy (non-hydrogen) atoms. The lowest BCUT2D eigenvalue weighted by Crippen LogP contribution is -2.32. The quantitative estimate of drug-likeness (QED) is 0.858. The molecule has 0 aliphatic heterocycles. The summed E-state index contributed by atoms with van der Waals surface area (Å²) in [6, 6.07) is 4.74. The van der Waals surface area contributed by atoms with E-state index in [9.17, 15) is 0 Å². The summed E-state index contributed by atoms with van der Waals surface area (Å²) in [6.45, 7) is 7.17. The highest BCUT2D eigenvalue weighted by molar-refractivity contribution is 5.43. The first-order valence-corrected chi connectivity index (χ1v) is 6.97. The van der Waals surface area contributed by atoms with Gasteiger partial charge in [-0.15, -0.1) is 0 Å². The largest absolute Gasteiger partial charge is 0.496 e. The summed E-state index contributed by atoms with van der Waals surface area (Å²) in [5.41, 5.74) is 9.77. The molecule has 0 radical (unpaired) electrons. The molecule has 0 aromatic heterocycles. The molecular weight excluding hydrogens is 236 g/mol. The zero-order valence-electron chi connectivity index (χ0n) is 13.2. The zero-order chi connectivity index (χ0) is 14.6. The summed E-state index contributed by atoms with van der Waals surface area (Å²) in [4.78, 5) is 2.27. The average Bonchev–Trinajstić information content (AvgIpc) is 2.38. The number of ether oxygens (including phenoxy) is 1. The molecular formula is C16H28N2O. The van der Waals surface area contributed by atoms with Crippen LogP contribution in [0.3, 0.4) is 0 Å². The van der Waals surface area contributed by atoms with Crippen molar-refractivity contribution in [3.05, 3.63) is 28.8 Å². The third-order valence-electron chi connectivity index (χ3n) is 3.93. The lowest BCUT2D eigenvalue weighted by atomic mass is 9.86. The molecule has 2 unspecified atom stereocenters. The van der Waals surface area contributed by atoms with Crippen LogP contribution in [-0.2, 0) is 0 Å². The van der Waals surface area contributed by atoms with Crippen molar-refractivity contribution in [2.75, 3.05) is 27.7 Å². The third-order valence-corrected chi connectivity index (χ3v) is 3.93. The maximum absolute atomic E-state index is 5.95. The lowest BCUT2D eigenvalue weighted by molar-refractivity contribution is 0.210. The normalized spacial score (nSPS) is 14.5. The van der Waals surface area contributed by atoms with Crippen molar-refractivity contribution in [3.8, 4) is 5.75 Å². The minimum Gasteiger partial charge on any atom is -0.496 e. The van der Waals surface area contributed by atoms with Gasteiger partial charge in [-0.3, -0.25) is 0 Å². The van der Waals surface area contributed by atoms with Crippen molar-refractivity contribution in [1.82, 2.24) is 4.90 Å². The van der Waals surface area contributed by atoms with E-state index in [0.29, 0.717) is 18.5 Å². The maximum Gasteiger partial charge on any atom is 0.122 e. The molecule has 0 bridgehead atoms. The summed E-state index contributed by atoms with van der Waals surface area (Å²) in [5, 5.41) is 0. The predicted octanol–water partition coefficient (Wildman–Crippen LogP) is 2.90. The molecule has 0 fully saturated rings. The van der Waals surface area contributed by atoms with Gasteiger partial charge in [0.1, 0.15) is 5.75 Å². The van der Waals surface area contributed by atoms with E-state index in [2.05, 4.69) is 51.9 Å². The summed E-state index contributed by atoms with van der Waals surface area (Å²) in [6.07, 6.45) is 1.09. The second-order valence-electron chi connectivity index (χ2n) is 5.49. The van der Waals surface area contributed by atoms with E-state index >= 15 is 0 Å². The van der Waals surface area contributed by atoms with Crippen LogP contribution in [-0.4, -0.2) is 32.6 Å². The van der Waals surface area contributed by atoms with E-state index in [1.165, 1.54) is 16.7 Å². The molecule has 0 aliphatic rings. The van der Waals surface area contributed by atoms with E-state index in [0.717, 1.165) is 12.2 Å². The van der Waals surface area contributed by atoms with Crippen LogP contribution >= 0.6 is 0 Å². The van der Waals surface area contributed by atoms with Gasteiger partial charge in [0.25, 0.3) is 0 Å². The molecule has 0 saturated heterocycles. The van der Waals surface area contributed by atoms with Crippen LogP contribution in [0.1, 0.15) is 36.1 Å². The molecule has 3 heteroatoms. The Morgan fingerprint density at radius 2 is 1.84 bits per heavy atom. The van der Waals surface area contributed by atoms with Gasteiger partial charge in [0.15, 0.2) is 0 Å². The summed E-state index contributed by atoms with van der Waals surface area (Å²) >= 11 is 0. The summed E-state index contributed by atoms with van der Waals surface area (Å²) < 4.78 is 5.40. The van der Waals surface area contributed by atoms with E-state index in [1.807, 2.05) is 0 Å². The highest BCUT2D eigenvalue weighted by atomic mass is 16.5. The highest BCUT2D eigenvalue weighted by Crippen LogP contribution is 2.34. The second kappa shape index (κ2) is 6.92. The Balaban J connectivity index is 3.27. The van der Waals surface area contributed by atoms with Gasteiger partial charge in [0.2, 0.25) is 0 Å². The molecule has 0 heterocycles. The van der Waals surface area contributed by atoms with E-state index in [1.54, 1.807) is 7.11 Å². The molecule has 0 amide bonds. The topological polar surface area (TPSA) is 38.5 Å². The van der Waals surface area contributed by atoms with Crippen LogP contribution in [0.2, 0.25) is 0 Å². The van der Waals surface area contributed by atoms with Gasteiger partial charge in [-0.05, 0) is 63.2 Å². The van der Waals surface area contributed by atoms with Gasteiger partial charge in [-0.25, -0.2) is 0 Å². The fourth-order valence-corrected chi connectivity index (χ4v) is 2.82. The van der Waals surface area contributed by atoms with Crippen LogP contribution in [0.25, 0.3) is 0 Å². The predicted molar refractivity (Wildman–Crippen MR) is 81.7 cm³/mol. The van der Waals surface area contributed by atoms with E-state index in [-0.39, 0.29) is 0 Å². The Morgan fingerprint density at radius 3 is 2.26 bits per heavy atom. The number of methoxy groups -OCH3 is 1. The molecule has 2 N–H and O–H groups in total. The van der Waals surface area contributed by atoms with E-state index in [4.69, 9.17) is 10.5 Å². The highest BCUT2D eigenvalue weighted by Gasteiger charge is 2.24. The van der Waals surface area contributed by atoms with Gasteiger partial charge in [-0.2, -0.15) is 0 Å². The minimum atomic E-state index is 0.361. The van der Waals surface area contributed by atoms with Crippen molar-refractivity contribution in [1.29, 1.82) is 0 Å². The van der Waals surface area contributed by atoms with Crippen molar-refractivity contribution in [2.24, 2.45) is 11.7 Å². The molecule has 0 saturated carbocycles. The Hall–Kier alpha value is -1.06. The van der Waals surface area contributed by atoms with Crippen LogP contribution in [0.4, 0.5) is 0 Å². The van der Waals surface area contributed by atoms with Crippen LogP contribution in [0.15, 0.2) is 12.1 Å². The van der Waals surface area contributed by atoms with E-state index < -0.39 is 0 Å². The Bertz CT molecular complexity index is 411. The van der Waals surface area contributed by atoms with Gasteiger partial charge < -0.3 is 15.4 Å². The number of hydrogen-bond donors (Lipinski definition) is 1. The summed E-state index contributed by atoms with van der Waals surface area (Å²) in [7, 11) is 5.98. The monoisotopic (exact) mass is 264 g/mol. The minimum absolute atomic E-state index is 0.361. The molecule has 1 aromatic rings. The average molecular weight is 264 g/mol. The number of nitrogens with two attached hydrogens (primary N) is 1. The molecule has 1 aromatic carbocycles. The fourth-order valence-electron chi connectivity index (χ4n) is 2.82. The van der Waals surface area contributed by atoms with Crippen LogP contribution < -0.4 is 10.5 Å². The number of hydrogen-bond acceptors (Lipinski definition) is 3. The molecule has 108 valence electrons. The molecule has 0 aliphatic carbocycles. The number of benzene rings is 1. The zero-order valence-corrected chi connectivity index (χ0v) is 13.2. The van der Waals surface area contributed by atoms with Gasteiger partial charge in [0, 0.05) is 6.04 Å². The Kier molecular flexibility index (Phi) is 5.83. The van der Waals surface area contributed by atoms with Crippen molar-refractivity contribution in [2.45, 2.75) is 33.2 Å². The number of rotatable bonds is 6. The maximum atomic E-state index is 5.95. The lowest BCUT2D eigenvalue weighted by Gasteiger charge is -2.33. The first-order chi connectivity index (χ1) is 8.96. The standard InChI is InChI=1S/C16H28N2O/c1-7-13(10-17)16(18(4)5)14-8-12(3)15(19-6)9-11(14)2/h8-9,13,16H,7,10,17H2,1-6H3. The van der Waals surface area contributed by atoms with Gasteiger partial charge in [0.05, 0.1) is 7.11 Å². The summed E-state index contributed by atoms with van der Waals surface area (Å²) in [5.74, 6) is 1.43.